The average molecular weight is 263 g/mol. The number of carbonyl (C=O) groups excluding carboxylic acids is 1. The van der Waals surface area contributed by atoms with Gasteiger partial charge in [0, 0.05) is 24.3 Å². The first-order valence-corrected chi connectivity index (χ1v) is 6.63. The Balaban J connectivity index is 1.84. The minimum atomic E-state index is -0.193. The highest BCUT2D eigenvalue weighted by molar-refractivity contribution is 5.89. The molecule has 2 atom stereocenters. The largest absolute Gasteiger partial charge is 0.378 e. The first-order chi connectivity index (χ1) is 9.04. The van der Waals surface area contributed by atoms with Crippen LogP contribution in [0.4, 0.5) is 10.5 Å². The van der Waals surface area contributed by atoms with E-state index < -0.39 is 0 Å². The fraction of sp³-hybridized carbons (Fsp3) is 0.571. The number of hydrogen-bond donors (Lipinski definition) is 2. The Morgan fingerprint density at radius 2 is 2.37 bits per heavy atom. The van der Waals surface area contributed by atoms with E-state index in [0.717, 1.165) is 6.42 Å². The molecule has 5 nitrogen and oxygen atoms in total. The molecule has 0 unspecified atom stereocenters. The quantitative estimate of drug-likeness (QED) is 0.876. The molecule has 1 saturated carbocycles. The monoisotopic (exact) mass is 263 g/mol. The Morgan fingerprint density at radius 1 is 1.58 bits per heavy atom. The van der Waals surface area contributed by atoms with E-state index in [9.17, 15) is 4.79 Å². The van der Waals surface area contributed by atoms with E-state index in [-0.39, 0.29) is 23.6 Å². The van der Waals surface area contributed by atoms with Gasteiger partial charge in [-0.15, -0.1) is 0 Å². The number of carbonyl (C=O) groups is 1. The van der Waals surface area contributed by atoms with Crippen LogP contribution in [0.25, 0.3) is 0 Å². The third-order valence-electron chi connectivity index (χ3n) is 3.77. The van der Waals surface area contributed by atoms with Crippen LogP contribution in [-0.2, 0) is 4.74 Å². The van der Waals surface area contributed by atoms with E-state index in [1.165, 1.54) is 0 Å². The summed E-state index contributed by atoms with van der Waals surface area (Å²) in [5, 5.41) is 5.76. The second-order valence-electron chi connectivity index (χ2n) is 5.39. The Bertz CT molecular complexity index is 434. The molecule has 19 heavy (non-hydrogen) atoms. The fourth-order valence-corrected chi connectivity index (χ4v) is 2.38. The van der Waals surface area contributed by atoms with Crippen LogP contribution in [-0.4, -0.2) is 29.8 Å². The number of amides is 2. The summed E-state index contributed by atoms with van der Waals surface area (Å²) in [6.07, 6.45) is 4.38. The van der Waals surface area contributed by atoms with Crippen molar-refractivity contribution in [2.24, 2.45) is 5.41 Å². The molecule has 1 aliphatic carbocycles. The predicted octanol–water partition coefficient (Wildman–Crippen LogP) is 2.41. The third kappa shape index (κ3) is 3.04. The third-order valence-corrected chi connectivity index (χ3v) is 3.77. The van der Waals surface area contributed by atoms with Crippen molar-refractivity contribution in [1.29, 1.82) is 0 Å². The van der Waals surface area contributed by atoms with Gasteiger partial charge >= 0.3 is 6.03 Å². The van der Waals surface area contributed by atoms with Gasteiger partial charge in [-0.2, -0.15) is 0 Å². The highest BCUT2D eigenvalue weighted by Gasteiger charge is 2.49. The molecule has 2 amide bonds. The number of urea groups is 1. The Hall–Kier alpha value is -1.62. The van der Waals surface area contributed by atoms with Crippen LogP contribution in [0, 0.1) is 5.41 Å². The maximum Gasteiger partial charge on any atom is 0.319 e. The summed E-state index contributed by atoms with van der Waals surface area (Å²) < 4.78 is 5.64. The molecule has 2 N–H and O–H groups in total. The minimum absolute atomic E-state index is 0.0255. The molecular weight excluding hydrogens is 242 g/mol. The minimum Gasteiger partial charge on any atom is -0.378 e. The van der Waals surface area contributed by atoms with Gasteiger partial charge in [-0.25, -0.2) is 4.79 Å². The molecule has 2 rings (SSSR count). The smallest absolute Gasteiger partial charge is 0.319 e. The van der Waals surface area contributed by atoms with Crippen LogP contribution in [0.3, 0.4) is 0 Å². The highest BCUT2D eigenvalue weighted by atomic mass is 16.5. The molecule has 104 valence electrons. The van der Waals surface area contributed by atoms with Gasteiger partial charge in [0.05, 0.1) is 18.0 Å². The molecule has 1 aromatic heterocycles. The predicted molar refractivity (Wildman–Crippen MR) is 74.0 cm³/mol. The van der Waals surface area contributed by atoms with Crippen molar-refractivity contribution in [2.75, 3.05) is 11.9 Å². The van der Waals surface area contributed by atoms with Crippen molar-refractivity contribution in [1.82, 2.24) is 10.3 Å². The summed E-state index contributed by atoms with van der Waals surface area (Å²) in [7, 11) is 0. The molecule has 0 aromatic carbocycles. The molecule has 1 aromatic rings. The molecular formula is C14H21N3O2. The van der Waals surface area contributed by atoms with Crippen LogP contribution in [0.1, 0.15) is 27.2 Å². The van der Waals surface area contributed by atoms with Gasteiger partial charge in [-0.3, -0.25) is 4.98 Å². The molecule has 0 spiro atoms. The lowest BCUT2D eigenvalue weighted by molar-refractivity contribution is -0.110. The summed E-state index contributed by atoms with van der Waals surface area (Å²) >= 11 is 0. The Kier molecular flexibility index (Phi) is 4.04. The lowest BCUT2D eigenvalue weighted by Crippen LogP contribution is -2.62. The first kappa shape index (κ1) is 13.8. The number of rotatable bonds is 4. The first-order valence-electron chi connectivity index (χ1n) is 6.63. The van der Waals surface area contributed by atoms with E-state index in [4.69, 9.17) is 4.74 Å². The van der Waals surface area contributed by atoms with Gasteiger partial charge in [0.25, 0.3) is 0 Å². The molecule has 1 heterocycles. The van der Waals surface area contributed by atoms with Crippen molar-refractivity contribution in [3.63, 3.8) is 0 Å². The van der Waals surface area contributed by atoms with Crippen LogP contribution >= 0.6 is 0 Å². The number of pyridine rings is 1. The number of hydrogen-bond acceptors (Lipinski definition) is 3. The number of nitrogens with zero attached hydrogens (tertiary/aromatic N) is 1. The maximum atomic E-state index is 11.9. The summed E-state index contributed by atoms with van der Waals surface area (Å²) in [5.74, 6) is 0. The van der Waals surface area contributed by atoms with Gasteiger partial charge in [-0.05, 0) is 25.5 Å². The van der Waals surface area contributed by atoms with Crippen LogP contribution < -0.4 is 10.6 Å². The van der Waals surface area contributed by atoms with E-state index >= 15 is 0 Å². The van der Waals surface area contributed by atoms with Gasteiger partial charge in [0.2, 0.25) is 0 Å². The zero-order valence-electron chi connectivity index (χ0n) is 11.6. The molecule has 0 saturated heterocycles. The number of nitrogens with one attached hydrogen (secondary N) is 2. The average Bonchev–Trinajstić information content (AvgIpc) is 2.39. The molecule has 0 bridgehead atoms. The number of aromatic nitrogens is 1. The van der Waals surface area contributed by atoms with Gasteiger partial charge < -0.3 is 15.4 Å². The lowest BCUT2D eigenvalue weighted by atomic mass is 9.64. The second kappa shape index (κ2) is 5.57. The van der Waals surface area contributed by atoms with Crippen LogP contribution in [0.2, 0.25) is 0 Å². The summed E-state index contributed by atoms with van der Waals surface area (Å²) in [6.45, 7) is 6.94. The van der Waals surface area contributed by atoms with E-state index in [0.29, 0.717) is 12.3 Å². The summed E-state index contributed by atoms with van der Waals surface area (Å²) in [5.41, 5.74) is 0.668. The molecule has 0 aliphatic heterocycles. The van der Waals surface area contributed by atoms with Crippen molar-refractivity contribution in [3.05, 3.63) is 24.5 Å². The Morgan fingerprint density at radius 3 is 2.95 bits per heavy atom. The topological polar surface area (TPSA) is 63.2 Å². The van der Waals surface area contributed by atoms with Crippen molar-refractivity contribution in [2.45, 2.75) is 39.3 Å². The standard InChI is InChI=1S/C14H21N3O2/c1-4-19-12-8-11(14(12,2)3)17-13(18)16-10-6-5-7-15-9-10/h5-7,9,11-12H,4,8H2,1-3H3,(H2,16,17,18)/t11-,12+/m1/s1. The van der Waals surface area contributed by atoms with E-state index in [1.54, 1.807) is 18.5 Å². The zero-order chi connectivity index (χ0) is 13.9. The lowest BCUT2D eigenvalue weighted by Gasteiger charge is -2.51. The zero-order valence-corrected chi connectivity index (χ0v) is 11.6. The molecule has 5 heteroatoms. The van der Waals surface area contributed by atoms with Gasteiger partial charge in [0.15, 0.2) is 0 Å². The number of ether oxygens (including phenoxy) is 1. The highest BCUT2D eigenvalue weighted by Crippen LogP contribution is 2.42. The second-order valence-corrected chi connectivity index (χ2v) is 5.39. The molecule has 1 fully saturated rings. The molecule has 1 aliphatic rings. The van der Waals surface area contributed by atoms with E-state index in [1.807, 2.05) is 13.0 Å². The van der Waals surface area contributed by atoms with E-state index in [2.05, 4.69) is 29.5 Å². The van der Waals surface area contributed by atoms with Crippen molar-refractivity contribution in [3.8, 4) is 0 Å². The SMILES string of the molecule is CCO[C@H]1C[C@@H](NC(=O)Nc2cccnc2)C1(C)C. The van der Waals surface area contributed by atoms with Crippen LogP contribution in [0.15, 0.2) is 24.5 Å². The molecule has 0 radical (unpaired) electrons. The summed E-state index contributed by atoms with van der Waals surface area (Å²) in [6, 6.07) is 3.54. The number of anilines is 1. The van der Waals surface area contributed by atoms with Crippen molar-refractivity contribution >= 4 is 11.7 Å². The fourth-order valence-electron chi connectivity index (χ4n) is 2.38. The van der Waals surface area contributed by atoms with Gasteiger partial charge in [0.1, 0.15) is 0 Å². The van der Waals surface area contributed by atoms with Gasteiger partial charge in [-0.1, -0.05) is 13.8 Å². The van der Waals surface area contributed by atoms with Crippen molar-refractivity contribution < 1.29 is 9.53 Å². The Labute approximate surface area is 113 Å². The van der Waals surface area contributed by atoms with Crippen LogP contribution in [0.5, 0.6) is 0 Å². The summed E-state index contributed by atoms with van der Waals surface area (Å²) in [4.78, 5) is 15.8. The normalized spacial score (nSPS) is 24.4. The maximum absolute atomic E-state index is 11.9.